The van der Waals surface area contributed by atoms with E-state index in [9.17, 15) is 0 Å². The molecule has 0 amide bonds. The van der Waals surface area contributed by atoms with Crippen molar-refractivity contribution in [3.05, 3.63) is 23.8 Å². The molecule has 0 aromatic rings. The molecule has 0 saturated carbocycles. The van der Waals surface area contributed by atoms with E-state index in [1.54, 1.807) is 6.92 Å². The Hall–Kier alpha value is -0.560. The zero-order valence-electron chi connectivity index (χ0n) is 7.83. The first kappa shape index (κ1) is 10.4. The van der Waals surface area contributed by atoms with Crippen molar-refractivity contribution in [2.75, 3.05) is 0 Å². The number of hydrogen-bond donors (Lipinski definition) is 1. The summed E-state index contributed by atoms with van der Waals surface area (Å²) < 4.78 is 0. The lowest BCUT2D eigenvalue weighted by Crippen LogP contribution is -2.09. The normalized spacial score (nSPS) is 18.8. The maximum atomic E-state index is 9.14. The highest BCUT2D eigenvalue weighted by Gasteiger charge is 2.02. The van der Waals surface area contributed by atoms with Crippen molar-refractivity contribution in [2.24, 2.45) is 5.92 Å². The van der Waals surface area contributed by atoms with Crippen LogP contribution in [0.5, 0.6) is 0 Å². The number of hydrogen-bond acceptors (Lipinski definition) is 1. The predicted octanol–water partition coefficient (Wildman–Crippen LogP) is 2.53. The van der Waals surface area contributed by atoms with Gasteiger partial charge in [-0.1, -0.05) is 30.7 Å². The number of rotatable bonds is 3. The van der Waals surface area contributed by atoms with Crippen LogP contribution >= 0.6 is 0 Å². The van der Waals surface area contributed by atoms with Crippen molar-refractivity contribution >= 4 is 0 Å². The van der Waals surface area contributed by atoms with Gasteiger partial charge in [-0.3, -0.25) is 0 Å². The zero-order chi connectivity index (χ0) is 8.85. The second-order valence-corrected chi connectivity index (χ2v) is 2.99. The molecule has 1 nitrogen and oxygen atoms in total. The fourth-order valence-electron chi connectivity index (χ4n) is 0.561. The fraction of sp³-hybridized carbons (Fsp3) is 0.600. The summed E-state index contributed by atoms with van der Waals surface area (Å²) >= 11 is 0. The summed E-state index contributed by atoms with van der Waals surface area (Å²) in [6, 6.07) is 0. The monoisotopic (exact) mass is 154 g/mol. The Morgan fingerprint density at radius 1 is 1.36 bits per heavy atom. The molecule has 64 valence electrons. The van der Waals surface area contributed by atoms with Crippen LogP contribution < -0.4 is 0 Å². The van der Waals surface area contributed by atoms with Gasteiger partial charge >= 0.3 is 0 Å². The molecule has 0 aliphatic heterocycles. The molecule has 0 heterocycles. The second-order valence-electron chi connectivity index (χ2n) is 2.99. The van der Waals surface area contributed by atoms with Crippen molar-refractivity contribution in [1.29, 1.82) is 0 Å². The smallest absolute Gasteiger partial charge is 0.0572 e. The van der Waals surface area contributed by atoms with Crippen molar-refractivity contribution in [3.8, 4) is 0 Å². The molecule has 0 fully saturated rings. The summed E-state index contributed by atoms with van der Waals surface area (Å²) in [5.74, 6) is 0.241. The second kappa shape index (κ2) is 5.14. The number of allylic oxidation sites excluding steroid dienone is 3. The first-order chi connectivity index (χ1) is 5.07. The van der Waals surface area contributed by atoms with E-state index >= 15 is 0 Å². The SMILES string of the molecule is C/C=C(C)/C=C/C(C)C(C)O. The van der Waals surface area contributed by atoms with E-state index in [-0.39, 0.29) is 12.0 Å². The van der Waals surface area contributed by atoms with Crippen LogP contribution in [0.1, 0.15) is 27.7 Å². The largest absolute Gasteiger partial charge is 0.393 e. The molecule has 11 heavy (non-hydrogen) atoms. The maximum absolute atomic E-state index is 9.14. The highest BCUT2D eigenvalue weighted by molar-refractivity contribution is 5.15. The van der Waals surface area contributed by atoms with Gasteiger partial charge in [-0.25, -0.2) is 0 Å². The molecule has 2 unspecified atom stereocenters. The minimum absolute atomic E-state index is 0.241. The summed E-state index contributed by atoms with van der Waals surface area (Å²) in [5.41, 5.74) is 1.23. The average Bonchev–Trinajstić information content (AvgIpc) is 1.99. The number of aliphatic hydroxyl groups is 1. The molecule has 0 aliphatic carbocycles. The third-order valence-corrected chi connectivity index (χ3v) is 1.88. The Morgan fingerprint density at radius 2 is 1.91 bits per heavy atom. The van der Waals surface area contributed by atoms with Crippen LogP contribution in [0.4, 0.5) is 0 Å². The molecule has 0 radical (unpaired) electrons. The van der Waals surface area contributed by atoms with Gasteiger partial charge in [-0.2, -0.15) is 0 Å². The van der Waals surface area contributed by atoms with E-state index in [0.29, 0.717) is 0 Å². The van der Waals surface area contributed by atoms with Crippen LogP contribution in [0.3, 0.4) is 0 Å². The number of aliphatic hydroxyl groups excluding tert-OH is 1. The molecule has 0 rings (SSSR count). The van der Waals surface area contributed by atoms with E-state index in [0.717, 1.165) is 0 Å². The highest BCUT2D eigenvalue weighted by atomic mass is 16.3. The van der Waals surface area contributed by atoms with E-state index in [2.05, 4.69) is 0 Å². The van der Waals surface area contributed by atoms with E-state index < -0.39 is 0 Å². The van der Waals surface area contributed by atoms with Gasteiger partial charge in [0.2, 0.25) is 0 Å². The van der Waals surface area contributed by atoms with Crippen molar-refractivity contribution in [3.63, 3.8) is 0 Å². The first-order valence-corrected chi connectivity index (χ1v) is 4.07. The van der Waals surface area contributed by atoms with Gasteiger partial charge in [-0.05, 0) is 26.7 Å². The van der Waals surface area contributed by atoms with Gasteiger partial charge in [0, 0.05) is 0 Å². The summed E-state index contributed by atoms with van der Waals surface area (Å²) in [6.45, 7) is 7.86. The van der Waals surface area contributed by atoms with Crippen LogP contribution in [0.15, 0.2) is 23.8 Å². The van der Waals surface area contributed by atoms with Crippen molar-refractivity contribution in [1.82, 2.24) is 0 Å². The molecule has 0 spiro atoms. The molecule has 0 saturated heterocycles. The quantitative estimate of drug-likeness (QED) is 0.619. The van der Waals surface area contributed by atoms with Gasteiger partial charge in [-0.15, -0.1) is 0 Å². The van der Waals surface area contributed by atoms with Gasteiger partial charge in [0.05, 0.1) is 6.10 Å². The van der Waals surface area contributed by atoms with Gasteiger partial charge in [0.1, 0.15) is 0 Å². The third kappa shape index (κ3) is 4.79. The van der Waals surface area contributed by atoms with E-state index in [4.69, 9.17) is 5.11 Å². The Kier molecular flexibility index (Phi) is 4.88. The summed E-state index contributed by atoms with van der Waals surface area (Å²) in [6.07, 6.45) is 5.86. The zero-order valence-corrected chi connectivity index (χ0v) is 7.83. The van der Waals surface area contributed by atoms with Gasteiger partial charge < -0.3 is 5.11 Å². The lowest BCUT2D eigenvalue weighted by atomic mass is 10.1. The Morgan fingerprint density at radius 3 is 2.27 bits per heavy atom. The van der Waals surface area contributed by atoms with E-state index in [1.165, 1.54) is 5.57 Å². The lowest BCUT2D eigenvalue weighted by molar-refractivity contribution is 0.157. The fourth-order valence-corrected chi connectivity index (χ4v) is 0.561. The molecule has 0 aliphatic rings. The Labute approximate surface area is 69.4 Å². The maximum Gasteiger partial charge on any atom is 0.0572 e. The molecular formula is C10H18O. The van der Waals surface area contributed by atoms with Gasteiger partial charge in [0.25, 0.3) is 0 Å². The van der Waals surface area contributed by atoms with Crippen LogP contribution in [-0.4, -0.2) is 11.2 Å². The van der Waals surface area contributed by atoms with Gasteiger partial charge in [0.15, 0.2) is 0 Å². The van der Waals surface area contributed by atoms with Crippen molar-refractivity contribution < 1.29 is 5.11 Å². The summed E-state index contributed by atoms with van der Waals surface area (Å²) in [4.78, 5) is 0. The highest BCUT2D eigenvalue weighted by Crippen LogP contribution is 2.05. The summed E-state index contributed by atoms with van der Waals surface area (Å²) in [5, 5.41) is 9.14. The van der Waals surface area contributed by atoms with Crippen LogP contribution in [-0.2, 0) is 0 Å². The first-order valence-electron chi connectivity index (χ1n) is 4.07. The Balaban J connectivity index is 3.93. The van der Waals surface area contributed by atoms with Crippen LogP contribution in [0.2, 0.25) is 0 Å². The minimum atomic E-state index is -0.254. The molecule has 2 atom stereocenters. The average molecular weight is 154 g/mol. The Bertz CT molecular complexity index is 154. The molecule has 0 bridgehead atoms. The van der Waals surface area contributed by atoms with Crippen LogP contribution in [0, 0.1) is 5.92 Å². The third-order valence-electron chi connectivity index (χ3n) is 1.88. The predicted molar refractivity (Wildman–Crippen MR) is 49.4 cm³/mol. The van der Waals surface area contributed by atoms with Crippen molar-refractivity contribution in [2.45, 2.75) is 33.8 Å². The van der Waals surface area contributed by atoms with Crippen LogP contribution in [0.25, 0.3) is 0 Å². The molecular weight excluding hydrogens is 136 g/mol. The standard InChI is InChI=1S/C10H18O/c1-5-8(2)6-7-9(3)10(4)11/h5-7,9-11H,1-4H3/b7-6+,8-5+. The minimum Gasteiger partial charge on any atom is -0.393 e. The summed E-state index contributed by atoms with van der Waals surface area (Å²) in [7, 11) is 0. The molecule has 1 heteroatoms. The lowest BCUT2D eigenvalue weighted by Gasteiger charge is -2.08. The van der Waals surface area contributed by atoms with E-state index in [1.807, 2.05) is 39.0 Å². The molecule has 0 aromatic carbocycles. The molecule has 1 N–H and O–H groups in total. The topological polar surface area (TPSA) is 20.2 Å². The molecule has 0 aromatic heterocycles.